The van der Waals surface area contributed by atoms with Gasteiger partial charge in [-0.05, 0) is 52.0 Å². The van der Waals surface area contributed by atoms with Crippen molar-refractivity contribution in [3.63, 3.8) is 0 Å². The summed E-state index contributed by atoms with van der Waals surface area (Å²) < 4.78 is 6.86. The van der Waals surface area contributed by atoms with Gasteiger partial charge in [0, 0.05) is 28.7 Å². The highest BCUT2D eigenvalue weighted by molar-refractivity contribution is 6.00. The third-order valence-electron chi connectivity index (χ3n) is 4.04. The molecule has 5 heteroatoms. The van der Waals surface area contributed by atoms with E-state index in [9.17, 15) is 9.59 Å². The highest BCUT2D eigenvalue weighted by Crippen LogP contribution is 2.21. The van der Waals surface area contributed by atoms with E-state index >= 15 is 0 Å². The lowest BCUT2D eigenvalue weighted by atomic mass is 10.1. The van der Waals surface area contributed by atoms with Crippen LogP contribution in [0.25, 0.3) is 0 Å². The average Bonchev–Trinajstić information content (AvgIpc) is 2.86. The summed E-state index contributed by atoms with van der Waals surface area (Å²) >= 11 is 0. The molecule has 1 aromatic carbocycles. The molecule has 24 heavy (non-hydrogen) atoms. The molecule has 0 atom stereocenters. The van der Waals surface area contributed by atoms with Gasteiger partial charge in [0.2, 0.25) is 0 Å². The summed E-state index contributed by atoms with van der Waals surface area (Å²) in [4.78, 5) is 24.1. The number of benzene rings is 1. The largest absolute Gasteiger partial charge is 0.465 e. The first kappa shape index (κ1) is 17.8. The van der Waals surface area contributed by atoms with Crippen LogP contribution in [0.1, 0.15) is 52.0 Å². The van der Waals surface area contributed by atoms with Crippen LogP contribution in [0.4, 0.5) is 5.69 Å². The van der Waals surface area contributed by atoms with Crippen molar-refractivity contribution in [1.82, 2.24) is 4.57 Å². The Morgan fingerprint density at radius 3 is 2.50 bits per heavy atom. The molecule has 0 radical (unpaired) electrons. The van der Waals surface area contributed by atoms with Gasteiger partial charge in [0.1, 0.15) is 0 Å². The van der Waals surface area contributed by atoms with E-state index in [-0.39, 0.29) is 12.3 Å². The quantitative estimate of drug-likeness (QED) is 0.648. The molecule has 128 valence electrons. The van der Waals surface area contributed by atoms with Crippen LogP contribution in [-0.4, -0.2) is 30.0 Å². The van der Waals surface area contributed by atoms with Crippen LogP contribution in [0, 0.1) is 13.8 Å². The minimum absolute atomic E-state index is 0.0264. The number of aromatic nitrogens is 1. The van der Waals surface area contributed by atoms with E-state index < -0.39 is 5.97 Å². The molecule has 0 aliphatic rings. The molecule has 2 aromatic rings. The Bertz CT molecular complexity index is 760. The zero-order chi connectivity index (χ0) is 17.9. The van der Waals surface area contributed by atoms with Gasteiger partial charge in [0.05, 0.1) is 19.2 Å². The number of methoxy groups -OCH3 is 1. The van der Waals surface area contributed by atoms with Crippen LogP contribution in [0.15, 0.2) is 30.3 Å². The van der Waals surface area contributed by atoms with E-state index in [1.165, 1.54) is 7.11 Å². The van der Waals surface area contributed by atoms with E-state index in [4.69, 9.17) is 4.74 Å². The van der Waals surface area contributed by atoms with Gasteiger partial charge in [-0.2, -0.15) is 0 Å². The predicted molar refractivity (Wildman–Crippen MR) is 94.9 cm³/mol. The van der Waals surface area contributed by atoms with Crippen LogP contribution in [0.5, 0.6) is 0 Å². The second-order valence-corrected chi connectivity index (χ2v) is 6.10. The third-order valence-corrected chi connectivity index (χ3v) is 4.04. The summed E-state index contributed by atoms with van der Waals surface area (Å²) in [6.45, 7) is 8.36. The maximum atomic E-state index is 12.5. The third kappa shape index (κ3) is 3.67. The number of hydrogen-bond donors (Lipinski definition) is 1. The lowest BCUT2D eigenvalue weighted by Gasteiger charge is -2.13. The van der Waals surface area contributed by atoms with Gasteiger partial charge in [0.25, 0.3) is 0 Å². The van der Waals surface area contributed by atoms with Gasteiger partial charge in [0.15, 0.2) is 5.78 Å². The Morgan fingerprint density at radius 2 is 1.92 bits per heavy atom. The number of esters is 1. The second-order valence-electron chi connectivity index (χ2n) is 6.10. The molecule has 0 aliphatic heterocycles. The summed E-state index contributed by atoms with van der Waals surface area (Å²) in [5, 5.41) is 3.08. The van der Waals surface area contributed by atoms with Crippen molar-refractivity contribution in [1.29, 1.82) is 0 Å². The van der Waals surface area contributed by atoms with Crippen LogP contribution >= 0.6 is 0 Å². The van der Waals surface area contributed by atoms with Crippen molar-refractivity contribution in [3.8, 4) is 0 Å². The van der Waals surface area contributed by atoms with Gasteiger partial charge in [-0.3, -0.25) is 4.79 Å². The summed E-state index contributed by atoms with van der Waals surface area (Å²) in [5.41, 5.74) is 3.96. The summed E-state index contributed by atoms with van der Waals surface area (Å²) in [5.74, 6) is -0.371. The van der Waals surface area contributed by atoms with Crippen molar-refractivity contribution in [3.05, 3.63) is 52.8 Å². The van der Waals surface area contributed by atoms with Gasteiger partial charge < -0.3 is 14.6 Å². The molecule has 0 unspecified atom stereocenters. The highest BCUT2D eigenvalue weighted by Gasteiger charge is 2.17. The minimum Gasteiger partial charge on any atom is -0.465 e. The second kappa shape index (κ2) is 7.34. The van der Waals surface area contributed by atoms with Gasteiger partial charge in [-0.1, -0.05) is 6.07 Å². The van der Waals surface area contributed by atoms with Crippen LogP contribution in [0.2, 0.25) is 0 Å². The number of rotatable bonds is 6. The first-order chi connectivity index (χ1) is 11.3. The maximum absolute atomic E-state index is 12.5. The molecule has 0 saturated carbocycles. The first-order valence-electron chi connectivity index (χ1n) is 7.99. The zero-order valence-corrected chi connectivity index (χ0v) is 14.8. The Labute approximate surface area is 142 Å². The molecule has 1 heterocycles. The van der Waals surface area contributed by atoms with Crippen molar-refractivity contribution in [2.45, 2.75) is 33.7 Å². The Morgan fingerprint density at radius 1 is 1.21 bits per heavy atom. The normalized spacial score (nSPS) is 10.8. The summed E-state index contributed by atoms with van der Waals surface area (Å²) in [7, 11) is 1.34. The van der Waals surface area contributed by atoms with Crippen LogP contribution in [-0.2, 0) is 4.74 Å². The summed E-state index contributed by atoms with van der Waals surface area (Å²) in [6.07, 6.45) is 0. The fourth-order valence-corrected chi connectivity index (χ4v) is 3.01. The van der Waals surface area contributed by atoms with Crippen molar-refractivity contribution < 1.29 is 14.3 Å². The predicted octanol–water partition coefficient (Wildman–Crippen LogP) is 3.77. The first-order valence-corrected chi connectivity index (χ1v) is 7.99. The molecule has 0 saturated heterocycles. The molecule has 1 N–H and O–H groups in total. The smallest absolute Gasteiger partial charge is 0.337 e. The van der Waals surface area contributed by atoms with Gasteiger partial charge >= 0.3 is 5.97 Å². The number of carbonyl (C=O) groups is 2. The molecular formula is C19H24N2O3. The lowest BCUT2D eigenvalue weighted by molar-refractivity contribution is 0.0600. The van der Waals surface area contributed by atoms with E-state index in [0.29, 0.717) is 17.3 Å². The van der Waals surface area contributed by atoms with E-state index in [1.807, 2.05) is 26.0 Å². The molecule has 0 aliphatic carbocycles. The Kier molecular flexibility index (Phi) is 5.44. The zero-order valence-electron chi connectivity index (χ0n) is 14.8. The Balaban J connectivity index is 2.12. The van der Waals surface area contributed by atoms with E-state index in [2.05, 4.69) is 23.7 Å². The monoisotopic (exact) mass is 328 g/mol. The summed E-state index contributed by atoms with van der Waals surface area (Å²) in [6, 6.07) is 9.17. The van der Waals surface area contributed by atoms with Crippen LogP contribution < -0.4 is 5.32 Å². The molecule has 0 amide bonds. The molecule has 1 aromatic heterocycles. The fraction of sp³-hybridized carbons (Fsp3) is 0.368. The molecule has 0 fully saturated rings. The van der Waals surface area contributed by atoms with Crippen LogP contribution in [0.3, 0.4) is 0 Å². The number of anilines is 1. The Hall–Kier alpha value is -2.56. The maximum Gasteiger partial charge on any atom is 0.337 e. The highest BCUT2D eigenvalue weighted by atomic mass is 16.5. The number of nitrogens with one attached hydrogen (secondary N) is 1. The number of ether oxygens (including phenoxy) is 1. The lowest BCUT2D eigenvalue weighted by Crippen LogP contribution is -2.15. The van der Waals surface area contributed by atoms with Crippen molar-refractivity contribution in [2.75, 3.05) is 19.0 Å². The number of nitrogens with zero attached hydrogens (tertiary/aromatic N) is 1. The van der Waals surface area contributed by atoms with Gasteiger partial charge in [-0.25, -0.2) is 4.79 Å². The topological polar surface area (TPSA) is 60.3 Å². The molecule has 0 spiro atoms. The molecular weight excluding hydrogens is 304 g/mol. The van der Waals surface area contributed by atoms with E-state index in [1.54, 1.807) is 18.2 Å². The minimum atomic E-state index is -0.398. The van der Waals surface area contributed by atoms with Crippen molar-refractivity contribution >= 4 is 17.4 Å². The SMILES string of the molecule is COC(=O)c1cccc(NCC(=O)c2cc(C)n(C(C)C)c2C)c1. The fourth-order valence-electron chi connectivity index (χ4n) is 3.01. The number of aryl methyl sites for hydroxylation is 1. The number of ketones is 1. The number of carbonyl (C=O) groups excluding carboxylic acids is 2. The molecule has 0 bridgehead atoms. The number of Topliss-reactive ketones (excluding diaryl/α,β-unsaturated/α-hetero) is 1. The standard InChI is InChI=1S/C19H24N2O3/c1-12(2)21-13(3)9-17(14(21)4)18(22)11-20-16-8-6-7-15(10-16)19(23)24-5/h6-10,12,20H,11H2,1-5H3. The number of hydrogen-bond acceptors (Lipinski definition) is 4. The molecule has 5 nitrogen and oxygen atoms in total. The average molecular weight is 328 g/mol. The molecule has 2 rings (SSSR count). The van der Waals surface area contributed by atoms with Gasteiger partial charge in [-0.15, -0.1) is 0 Å². The van der Waals surface area contributed by atoms with E-state index in [0.717, 1.165) is 17.0 Å². The van der Waals surface area contributed by atoms with Crippen molar-refractivity contribution in [2.24, 2.45) is 0 Å².